The molecule has 5 nitrogen and oxygen atoms in total. The average Bonchev–Trinajstić information content (AvgIpc) is 2.81. The molecule has 0 aromatic heterocycles. The summed E-state index contributed by atoms with van der Waals surface area (Å²) < 4.78 is 16.3. The molecule has 5 heteroatoms. The topological polar surface area (TPSA) is 34.2 Å². The van der Waals surface area contributed by atoms with Gasteiger partial charge in [0.1, 0.15) is 0 Å². The highest BCUT2D eigenvalue weighted by atomic mass is 16.5. The maximum Gasteiger partial charge on any atom is 0.0625 e. The van der Waals surface area contributed by atoms with E-state index in [1.807, 2.05) is 55.4 Å². The van der Waals surface area contributed by atoms with E-state index in [2.05, 4.69) is 9.80 Å². The zero-order valence-corrected chi connectivity index (χ0v) is 22.5. The average molecular weight is 435 g/mol. The van der Waals surface area contributed by atoms with E-state index in [0.717, 1.165) is 32.6 Å². The molecular weight excluding hydrogens is 376 g/mol. The molecule has 0 aromatic carbocycles. The van der Waals surface area contributed by atoms with Gasteiger partial charge in [0.15, 0.2) is 0 Å². The van der Waals surface area contributed by atoms with Gasteiger partial charge in [0.05, 0.1) is 18.8 Å². The molecule has 0 amide bonds. The lowest BCUT2D eigenvalue weighted by Gasteiger charge is -2.36. The minimum Gasteiger partial charge on any atom is -0.385 e. The van der Waals surface area contributed by atoms with Crippen LogP contribution >= 0.6 is 0 Å². The monoisotopic (exact) mass is 434 g/mol. The molecule has 2 fully saturated rings. The fourth-order valence-electron chi connectivity index (χ4n) is 3.19. The predicted octanol–water partition coefficient (Wildman–Crippen LogP) is 5.72. The molecule has 1 saturated carbocycles. The predicted molar refractivity (Wildman–Crippen MR) is 134 cm³/mol. The van der Waals surface area contributed by atoms with Gasteiger partial charge in [-0.25, -0.2) is 0 Å². The van der Waals surface area contributed by atoms with E-state index in [1.54, 1.807) is 14.2 Å². The molecule has 0 aromatic rings. The molecule has 1 heterocycles. The van der Waals surface area contributed by atoms with Crippen LogP contribution in [0, 0.1) is 0 Å². The van der Waals surface area contributed by atoms with E-state index >= 15 is 0 Å². The standard InChI is InChI=1S/C17H34N2O3.4C2H6/c1-20-12-5-3-4-6-18-7-9-19(10-8-18)11-13-22-17-14-16(15-17)21-2;4*1-2/h16-17H,3-15H2,1-2H3;4*1-2H3. The Morgan fingerprint density at radius 2 is 1.10 bits per heavy atom. The number of hydrogen-bond acceptors (Lipinski definition) is 5. The third-order valence-corrected chi connectivity index (χ3v) is 4.93. The molecule has 186 valence electrons. The molecule has 0 N–H and O–H groups in total. The highest BCUT2D eigenvalue weighted by Crippen LogP contribution is 2.25. The van der Waals surface area contributed by atoms with Gasteiger partial charge in [-0.05, 0) is 38.6 Å². The second-order valence-corrected chi connectivity index (χ2v) is 6.56. The van der Waals surface area contributed by atoms with Crippen molar-refractivity contribution in [1.82, 2.24) is 9.80 Å². The fraction of sp³-hybridized carbons (Fsp3) is 1.00. The number of nitrogens with zero attached hydrogens (tertiary/aromatic N) is 2. The molecule has 30 heavy (non-hydrogen) atoms. The second kappa shape index (κ2) is 28.8. The maximum absolute atomic E-state index is 5.89. The zero-order valence-electron chi connectivity index (χ0n) is 22.5. The van der Waals surface area contributed by atoms with Crippen LogP contribution in [-0.4, -0.2) is 88.7 Å². The Labute approximate surface area is 190 Å². The van der Waals surface area contributed by atoms with Crippen molar-refractivity contribution in [2.45, 2.75) is 99.7 Å². The largest absolute Gasteiger partial charge is 0.385 e. The summed E-state index contributed by atoms with van der Waals surface area (Å²) >= 11 is 0. The molecule has 0 unspecified atom stereocenters. The SMILES string of the molecule is CC.CC.CC.CC.COCCCCCN1CCN(CCOC2CC(OC)C2)CC1. The van der Waals surface area contributed by atoms with E-state index in [0.29, 0.717) is 12.2 Å². The van der Waals surface area contributed by atoms with Gasteiger partial charge in [0, 0.05) is 53.6 Å². The van der Waals surface area contributed by atoms with E-state index in [1.165, 1.54) is 52.0 Å². The van der Waals surface area contributed by atoms with Crippen molar-refractivity contribution in [1.29, 1.82) is 0 Å². The van der Waals surface area contributed by atoms with Gasteiger partial charge >= 0.3 is 0 Å². The smallest absolute Gasteiger partial charge is 0.0625 e. The van der Waals surface area contributed by atoms with Crippen LogP contribution < -0.4 is 0 Å². The Balaban J connectivity index is -0.000000815. The van der Waals surface area contributed by atoms with Crippen molar-refractivity contribution < 1.29 is 14.2 Å². The summed E-state index contributed by atoms with van der Waals surface area (Å²) in [5.41, 5.74) is 0. The van der Waals surface area contributed by atoms with Crippen molar-refractivity contribution in [2.75, 3.05) is 66.7 Å². The minimum atomic E-state index is 0.442. The molecule has 2 rings (SSSR count). The summed E-state index contributed by atoms with van der Waals surface area (Å²) in [7, 11) is 3.57. The van der Waals surface area contributed by atoms with Crippen LogP contribution in [-0.2, 0) is 14.2 Å². The number of piperazine rings is 1. The first kappa shape index (κ1) is 34.4. The molecule has 0 spiro atoms. The lowest BCUT2D eigenvalue weighted by atomic mass is 9.92. The van der Waals surface area contributed by atoms with Crippen molar-refractivity contribution in [2.24, 2.45) is 0 Å². The Morgan fingerprint density at radius 1 is 0.600 bits per heavy atom. The van der Waals surface area contributed by atoms with E-state index in [9.17, 15) is 0 Å². The number of ether oxygens (including phenoxy) is 3. The molecule has 0 bridgehead atoms. The number of hydrogen-bond donors (Lipinski definition) is 0. The zero-order chi connectivity index (χ0) is 23.6. The van der Waals surface area contributed by atoms with Crippen LogP contribution in [0.5, 0.6) is 0 Å². The number of methoxy groups -OCH3 is 2. The Kier molecular flexibility index (Phi) is 33.0. The molecule has 2 aliphatic rings. The van der Waals surface area contributed by atoms with Crippen molar-refractivity contribution in [3.63, 3.8) is 0 Å². The van der Waals surface area contributed by atoms with Gasteiger partial charge in [-0.1, -0.05) is 55.4 Å². The van der Waals surface area contributed by atoms with Crippen LogP contribution in [0.2, 0.25) is 0 Å². The van der Waals surface area contributed by atoms with Crippen LogP contribution in [0.1, 0.15) is 87.5 Å². The highest BCUT2D eigenvalue weighted by Gasteiger charge is 2.29. The van der Waals surface area contributed by atoms with Crippen LogP contribution in [0.4, 0.5) is 0 Å². The minimum absolute atomic E-state index is 0.442. The van der Waals surface area contributed by atoms with E-state index in [4.69, 9.17) is 14.2 Å². The van der Waals surface area contributed by atoms with Gasteiger partial charge in [0.25, 0.3) is 0 Å². The van der Waals surface area contributed by atoms with E-state index < -0.39 is 0 Å². The summed E-state index contributed by atoms with van der Waals surface area (Å²) in [4.78, 5) is 5.13. The lowest BCUT2D eigenvalue weighted by Crippen LogP contribution is -2.48. The van der Waals surface area contributed by atoms with Gasteiger partial charge < -0.3 is 19.1 Å². The lowest BCUT2D eigenvalue weighted by molar-refractivity contribution is -0.0906. The third-order valence-electron chi connectivity index (χ3n) is 4.93. The normalized spacial score (nSPS) is 20.6. The first-order valence-electron chi connectivity index (χ1n) is 12.9. The Hall–Kier alpha value is -0.200. The third kappa shape index (κ3) is 18.6. The summed E-state index contributed by atoms with van der Waals surface area (Å²) in [5, 5.41) is 0. The summed E-state index contributed by atoms with van der Waals surface area (Å²) in [5.74, 6) is 0. The Bertz CT molecular complexity index is 280. The number of rotatable bonds is 11. The second-order valence-electron chi connectivity index (χ2n) is 6.56. The summed E-state index contributed by atoms with van der Waals surface area (Å²) in [6.07, 6.45) is 6.82. The van der Waals surface area contributed by atoms with Crippen molar-refractivity contribution >= 4 is 0 Å². The Morgan fingerprint density at radius 3 is 1.57 bits per heavy atom. The summed E-state index contributed by atoms with van der Waals surface area (Å²) in [6.45, 7) is 24.9. The molecule has 1 aliphatic carbocycles. The molecule has 0 radical (unpaired) electrons. The van der Waals surface area contributed by atoms with Gasteiger partial charge in [-0.2, -0.15) is 0 Å². The van der Waals surface area contributed by atoms with Crippen molar-refractivity contribution in [3.8, 4) is 0 Å². The van der Waals surface area contributed by atoms with Crippen LogP contribution in [0.25, 0.3) is 0 Å². The van der Waals surface area contributed by atoms with Gasteiger partial charge in [0.2, 0.25) is 0 Å². The highest BCUT2D eigenvalue weighted by molar-refractivity contribution is 4.81. The first-order chi connectivity index (χ1) is 14.8. The maximum atomic E-state index is 5.89. The molecular formula is C25H58N2O3. The van der Waals surface area contributed by atoms with Crippen molar-refractivity contribution in [3.05, 3.63) is 0 Å². The molecule has 1 aliphatic heterocycles. The fourth-order valence-corrected chi connectivity index (χ4v) is 3.19. The summed E-state index contributed by atoms with van der Waals surface area (Å²) in [6, 6.07) is 0. The molecule has 1 saturated heterocycles. The van der Waals surface area contributed by atoms with Gasteiger partial charge in [-0.3, -0.25) is 4.90 Å². The number of unbranched alkanes of at least 4 members (excludes halogenated alkanes) is 2. The van der Waals surface area contributed by atoms with Crippen LogP contribution in [0.3, 0.4) is 0 Å². The van der Waals surface area contributed by atoms with Gasteiger partial charge in [-0.15, -0.1) is 0 Å². The first-order valence-corrected chi connectivity index (χ1v) is 12.9. The van der Waals surface area contributed by atoms with E-state index in [-0.39, 0.29) is 0 Å². The quantitative estimate of drug-likeness (QED) is 0.389. The van der Waals surface area contributed by atoms with Crippen LogP contribution in [0.15, 0.2) is 0 Å². The molecule has 0 atom stereocenters.